The molecule has 0 unspecified atom stereocenters. The number of aliphatic carboxylic acids is 1. The van der Waals surface area contributed by atoms with Crippen molar-refractivity contribution in [1.29, 1.82) is 0 Å². The molecule has 0 amide bonds. The average molecular weight is 324 g/mol. The molecule has 0 saturated carbocycles. The Morgan fingerprint density at radius 2 is 1.95 bits per heavy atom. The Bertz CT molecular complexity index is 616. The zero-order valence-electron chi connectivity index (χ0n) is 9.86. The van der Waals surface area contributed by atoms with Gasteiger partial charge in [0.1, 0.15) is 5.82 Å². The molecule has 0 saturated heterocycles. The number of rotatable bonds is 4. The first-order valence-corrected chi connectivity index (χ1v) is 6.37. The van der Waals surface area contributed by atoms with E-state index < -0.39 is 11.8 Å². The summed E-state index contributed by atoms with van der Waals surface area (Å²) in [5.41, 5.74) is 1.48. The fourth-order valence-corrected chi connectivity index (χ4v) is 2.04. The first-order valence-electron chi connectivity index (χ1n) is 5.58. The number of carbonyl (C=O) groups is 1. The van der Waals surface area contributed by atoms with Gasteiger partial charge in [0.2, 0.25) is 0 Å². The van der Waals surface area contributed by atoms with Gasteiger partial charge in [-0.1, -0.05) is 18.2 Å². The van der Waals surface area contributed by atoms with Crippen molar-refractivity contribution in [2.24, 2.45) is 0 Å². The third-order valence-electron chi connectivity index (χ3n) is 2.53. The van der Waals surface area contributed by atoms with Crippen molar-refractivity contribution in [2.75, 3.05) is 5.32 Å². The molecule has 0 aromatic heterocycles. The van der Waals surface area contributed by atoms with Gasteiger partial charge in [0, 0.05) is 4.47 Å². The van der Waals surface area contributed by atoms with Crippen LogP contribution in [0.1, 0.15) is 5.56 Å². The minimum Gasteiger partial charge on any atom is -0.481 e. The van der Waals surface area contributed by atoms with Gasteiger partial charge in [-0.25, -0.2) is 4.39 Å². The van der Waals surface area contributed by atoms with Gasteiger partial charge in [-0.15, -0.1) is 0 Å². The molecule has 0 radical (unpaired) electrons. The second-order valence-corrected chi connectivity index (χ2v) is 4.84. The molecular formula is C14H11BrFNO2. The van der Waals surface area contributed by atoms with Crippen LogP contribution in [-0.4, -0.2) is 11.1 Å². The Morgan fingerprint density at radius 1 is 1.21 bits per heavy atom. The molecule has 3 nitrogen and oxygen atoms in total. The summed E-state index contributed by atoms with van der Waals surface area (Å²) >= 11 is 3.36. The lowest BCUT2D eigenvalue weighted by Crippen LogP contribution is -2.01. The van der Waals surface area contributed by atoms with Gasteiger partial charge < -0.3 is 10.4 Å². The summed E-state index contributed by atoms with van der Waals surface area (Å²) in [5, 5.41) is 11.6. The second kappa shape index (κ2) is 5.84. The monoisotopic (exact) mass is 323 g/mol. The van der Waals surface area contributed by atoms with Crippen molar-refractivity contribution >= 4 is 33.3 Å². The molecule has 2 aromatic carbocycles. The maximum atomic E-state index is 13.8. The highest BCUT2D eigenvalue weighted by Crippen LogP contribution is 2.27. The predicted octanol–water partition coefficient (Wildman–Crippen LogP) is 3.96. The third-order valence-corrected chi connectivity index (χ3v) is 3.22. The number of nitrogens with one attached hydrogen (secondary N) is 1. The Kier molecular flexibility index (Phi) is 4.16. The Balaban J connectivity index is 2.22. The number of carboxylic acid groups (broad SMARTS) is 1. The molecule has 0 bridgehead atoms. The minimum atomic E-state index is -0.981. The van der Waals surface area contributed by atoms with E-state index in [1.54, 1.807) is 6.07 Å². The van der Waals surface area contributed by atoms with E-state index in [9.17, 15) is 9.18 Å². The van der Waals surface area contributed by atoms with E-state index in [0.29, 0.717) is 11.3 Å². The Labute approximate surface area is 118 Å². The summed E-state index contributed by atoms with van der Waals surface area (Å²) in [4.78, 5) is 10.6. The highest BCUT2D eigenvalue weighted by atomic mass is 79.9. The average Bonchev–Trinajstić information content (AvgIpc) is 2.34. The summed E-state index contributed by atoms with van der Waals surface area (Å²) in [6.07, 6.45) is -0.188. The van der Waals surface area contributed by atoms with Gasteiger partial charge in [0.25, 0.3) is 0 Å². The van der Waals surface area contributed by atoms with Crippen molar-refractivity contribution in [3.8, 4) is 0 Å². The van der Waals surface area contributed by atoms with Crippen LogP contribution in [0.4, 0.5) is 15.8 Å². The van der Waals surface area contributed by atoms with Crippen LogP contribution >= 0.6 is 15.9 Å². The molecule has 0 aliphatic heterocycles. The molecule has 0 spiro atoms. The van der Waals surface area contributed by atoms with Gasteiger partial charge in [-0.3, -0.25) is 4.79 Å². The molecule has 19 heavy (non-hydrogen) atoms. The van der Waals surface area contributed by atoms with E-state index in [1.165, 1.54) is 12.1 Å². The van der Waals surface area contributed by atoms with Crippen LogP contribution in [0.15, 0.2) is 46.9 Å². The van der Waals surface area contributed by atoms with Crippen LogP contribution in [0, 0.1) is 5.82 Å². The second-order valence-electron chi connectivity index (χ2n) is 3.99. The highest BCUT2D eigenvalue weighted by molar-refractivity contribution is 9.10. The van der Waals surface area contributed by atoms with Gasteiger partial charge in [-0.2, -0.15) is 0 Å². The van der Waals surface area contributed by atoms with E-state index in [0.717, 1.165) is 10.2 Å². The van der Waals surface area contributed by atoms with E-state index in [-0.39, 0.29) is 6.42 Å². The number of benzene rings is 2. The smallest absolute Gasteiger partial charge is 0.307 e. The zero-order valence-corrected chi connectivity index (χ0v) is 11.4. The maximum absolute atomic E-state index is 13.8. The van der Waals surface area contributed by atoms with Crippen LogP contribution in [-0.2, 0) is 11.2 Å². The lowest BCUT2D eigenvalue weighted by atomic mass is 10.1. The predicted molar refractivity (Wildman–Crippen MR) is 75.2 cm³/mol. The molecule has 98 valence electrons. The Morgan fingerprint density at radius 3 is 2.58 bits per heavy atom. The quantitative estimate of drug-likeness (QED) is 0.895. The first kappa shape index (κ1) is 13.5. The standard InChI is InChI=1S/C14H11BrFNO2/c15-10-3-1-2-4-12(10)17-13-6-5-9(7-11(13)16)8-14(18)19/h1-7,17H,8H2,(H,18,19). The van der Waals surface area contributed by atoms with E-state index in [4.69, 9.17) is 5.11 Å². The largest absolute Gasteiger partial charge is 0.481 e. The fraction of sp³-hybridized carbons (Fsp3) is 0.0714. The molecule has 5 heteroatoms. The van der Waals surface area contributed by atoms with Crippen molar-refractivity contribution in [1.82, 2.24) is 0 Å². The summed E-state index contributed by atoms with van der Waals surface area (Å²) in [6, 6.07) is 11.7. The van der Waals surface area contributed by atoms with Gasteiger partial charge in [0.15, 0.2) is 0 Å². The number of anilines is 2. The molecule has 0 fully saturated rings. The Hall–Kier alpha value is -1.88. The highest BCUT2D eigenvalue weighted by Gasteiger charge is 2.07. The van der Waals surface area contributed by atoms with Gasteiger partial charge >= 0.3 is 5.97 Å². The molecular weight excluding hydrogens is 313 g/mol. The number of hydrogen-bond donors (Lipinski definition) is 2. The van der Waals surface area contributed by atoms with E-state index in [2.05, 4.69) is 21.2 Å². The molecule has 0 aliphatic rings. The van der Waals surface area contributed by atoms with Crippen molar-refractivity contribution in [3.63, 3.8) is 0 Å². The van der Waals surface area contributed by atoms with Crippen LogP contribution in [0.3, 0.4) is 0 Å². The summed E-state index contributed by atoms with van der Waals surface area (Å²) in [5.74, 6) is -1.46. The number of hydrogen-bond acceptors (Lipinski definition) is 2. The van der Waals surface area contributed by atoms with Crippen molar-refractivity contribution in [3.05, 3.63) is 58.3 Å². The number of carboxylic acids is 1. The lowest BCUT2D eigenvalue weighted by Gasteiger charge is -2.10. The lowest BCUT2D eigenvalue weighted by molar-refractivity contribution is -0.136. The molecule has 0 aliphatic carbocycles. The van der Waals surface area contributed by atoms with Gasteiger partial charge in [0.05, 0.1) is 17.8 Å². The summed E-state index contributed by atoms with van der Waals surface area (Å²) < 4.78 is 14.7. The van der Waals surface area contributed by atoms with Crippen LogP contribution in [0.2, 0.25) is 0 Å². The summed E-state index contributed by atoms with van der Waals surface area (Å²) in [6.45, 7) is 0. The fourth-order valence-electron chi connectivity index (χ4n) is 1.65. The van der Waals surface area contributed by atoms with Crippen LogP contribution in [0.5, 0.6) is 0 Å². The zero-order chi connectivity index (χ0) is 13.8. The number of para-hydroxylation sites is 1. The molecule has 0 heterocycles. The molecule has 2 aromatic rings. The molecule has 0 atom stereocenters. The normalized spacial score (nSPS) is 10.2. The van der Waals surface area contributed by atoms with E-state index in [1.807, 2.05) is 24.3 Å². The summed E-state index contributed by atoms with van der Waals surface area (Å²) in [7, 11) is 0. The van der Waals surface area contributed by atoms with Crippen molar-refractivity contribution in [2.45, 2.75) is 6.42 Å². The van der Waals surface area contributed by atoms with Gasteiger partial charge in [-0.05, 0) is 45.8 Å². The SMILES string of the molecule is O=C(O)Cc1ccc(Nc2ccccc2Br)c(F)c1. The van der Waals surface area contributed by atoms with Crippen LogP contribution in [0.25, 0.3) is 0 Å². The first-order chi connectivity index (χ1) is 9.06. The van der Waals surface area contributed by atoms with E-state index >= 15 is 0 Å². The minimum absolute atomic E-state index is 0.188. The topological polar surface area (TPSA) is 49.3 Å². The third kappa shape index (κ3) is 3.54. The van der Waals surface area contributed by atoms with Crippen LogP contribution < -0.4 is 5.32 Å². The van der Waals surface area contributed by atoms with Crippen molar-refractivity contribution < 1.29 is 14.3 Å². The molecule has 2 rings (SSSR count). The molecule has 2 N–H and O–H groups in total. The number of halogens is 2. The maximum Gasteiger partial charge on any atom is 0.307 e.